The first-order chi connectivity index (χ1) is 4.12. The zero-order valence-electron chi connectivity index (χ0n) is 4.98. The molecule has 0 aromatic rings. The van der Waals surface area contributed by atoms with Crippen LogP contribution < -0.4 is 0 Å². The lowest BCUT2D eigenvalue weighted by Gasteiger charge is -2.06. The van der Waals surface area contributed by atoms with Crippen LogP contribution in [-0.2, 0) is 13.6 Å². The van der Waals surface area contributed by atoms with Gasteiger partial charge in [0.15, 0.2) is 6.79 Å². The highest BCUT2D eigenvalue weighted by atomic mass is 31.2. The van der Waals surface area contributed by atoms with E-state index in [9.17, 15) is 4.57 Å². The number of aliphatic hydroxyl groups excluding tert-OH is 1. The predicted molar refractivity (Wildman–Crippen MR) is 29.6 cm³/mol. The van der Waals surface area contributed by atoms with E-state index in [1.165, 1.54) is 0 Å². The van der Waals surface area contributed by atoms with Gasteiger partial charge in [0.1, 0.15) is 0 Å². The summed E-state index contributed by atoms with van der Waals surface area (Å²) in [7, 11) is -3.94. The molecule has 56 valence electrons. The lowest BCUT2D eigenvalue weighted by Crippen LogP contribution is -1.94. The van der Waals surface area contributed by atoms with Crippen molar-refractivity contribution in [2.45, 2.75) is 6.92 Å². The van der Waals surface area contributed by atoms with Crippen molar-refractivity contribution in [2.24, 2.45) is 0 Å². The van der Waals surface area contributed by atoms with Crippen LogP contribution in [0.15, 0.2) is 0 Å². The first kappa shape index (κ1) is 9.07. The van der Waals surface area contributed by atoms with E-state index >= 15 is 0 Å². The maximum absolute atomic E-state index is 10.4. The number of hydrogen-bond donors (Lipinski definition) is 2. The average molecular weight is 156 g/mol. The highest BCUT2D eigenvalue weighted by Crippen LogP contribution is 2.42. The van der Waals surface area contributed by atoms with E-state index in [1.54, 1.807) is 6.92 Å². The molecule has 0 aliphatic heterocycles. The first-order valence-corrected chi connectivity index (χ1v) is 3.84. The predicted octanol–water partition coefficient (Wildman–Crippen LogP) is 0.0897. The summed E-state index contributed by atoms with van der Waals surface area (Å²) in [5.74, 6) is 0. The Hall–Kier alpha value is 0.0700. The van der Waals surface area contributed by atoms with Crippen LogP contribution in [0.4, 0.5) is 0 Å². The molecule has 0 aromatic carbocycles. The van der Waals surface area contributed by atoms with Crippen LogP contribution in [-0.4, -0.2) is 23.4 Å². The van der Waals surface area contributed by atoms with Gasteiger partial charge in [-0.2, -0.15) is 0 Å². The molecule has 0 rings (SSSR count). The second-order valence-electron chi connectivity index (χ2n) is 1.14. The summed E-state index contributed by atoms with van der Waals surface area (Å²) in [5.41, 5.74) is 0. The van der Waals surface area contributed by atoms with E-state index in [1.807, 2.05) is 0 Å². The molecule has 0 radical (unpaired) electrons. The van der Waals surface area contributed by atoms with Gasteiger partial charge in [-0.05, 0) is 6.92 Å². The van der Waals surface area contributed by atoms with Crippen molar-refractivity contribution >= 4 is 7.82 Å². The smallest absolute Gasteiger partial charge is 0.370 e. The van der Waals surface area contributed by atoms with E-state index in [-0.39, 0.29) is 6.61 Å². The van der Waals surface area contributed by atoms with E-state index in [4.69, 9.17) is 10.00 Å². The molecular formula is C3H9O5P. The van der Waals surface area contributed by atoms with Crippen LogP contribution in [0.5, 0.6) is 0 Å². The first-order valence-electron chi connectivity index (χ1n) is 2.35. The Kier molecular flexibility index (Phi) is 4.01. The van der Waals surface area contributed by atoms with Crippen molar-refractivity contribution in [3.8, 4) is 0 Å². The summed E-state index contributed by atoms with van der Waals surface area (Å²) in [6, 6.07) is 0. The van der Waals surface area contributed by atoms with Crippen LogP contribution in [0.1, 0.15) is 6.92 Å². The van der Waals surface area contributed by atoms with E-state index in [0.717, 1.165) is 0 Å². The summed E-state index contributed by atoms with van der Waals surface area (Å²) < 4.78 is 18.5. The van der Waals surface area contributed by atoms with Crippen molar-refractivity contribution in [3.63, 3.8) is 0 Å². The molecular weight excluding hydrogens is 147 g/mol. The quantitative estimate of drug-likeness (QED) is 0.445. The van der Waals surface area contributed by atoms with Gasteiger partial charge in [0.2, 0.25) is 0 Å². The minimum absolute atomic E-state index is 0.0772. The van der Waals surface area contributed by atoms with Crippen molar-refractivity contribution in [1.29, 1.82) is 0 Å². The van der Waals surface area contributed by atoms with Gasteiger partial charge in [-0.15, -0.1) is 0 Å². The molecule has 0 fully saturated rings. The fraction of sp³-hybridized carbons (Fsp3) is 1.00. The highest BCUT2D eigenvalue weighted by molar-refractivity contribution is 7.47. The molecule has 0 saturated heterocycles. The van der Waals surface area contributed by atoms with Crippen LogP contribution in [0, 0.1) is 0 Å². The van der Waals surface area contributed by atoms with Crippen molar-refractivity contribution in [3.05, 3.63) is 0 Å². The molecule has 0 heterocycles. The van der Waals surface area contributed by atoms with E-state index in [0.29, 0.717) is 0 Å². The second kappa shape index (κ2) is 3.98. The maximum atomic E-state index is 10.4. The largest absolute Gasteiger partial charge is 0.474 e. The Morgan fingerprint density at radius 2 is 2.11 bits per heavy atom. The summed E-state index contributed by atoms with van der Waals surface area (Å²) >= 11 is 0. The lowest BCUT2D eigenvalue weighted by atomic mass is 10.9. The SMILES string of the molecule is CCOP(=O)(O)OCO. The molecule has 0 aliphatic rings. The number of phosphoric ester groups is 1. The molecule has 2 N–H and O–H groups in total. The molecule has 0 saturated carbocycles. The standard InChI is InChI=1S/C3H9O5P/c1-2-7-9(5,6)8-3-4/h4H,2-3H2,1H3,(H,5,6). The molecule has 0 bridgehead atoms. The third kappa shape index (κ3) is 4.57. The van der Waals surface area contributed by atoms with Crippen molar-refractivity contribution in [1.82, 2.24) is 0 Å². The molecule has 0 spiro atoms. The van der Waals surface area contributed by atoms with Gasteiger partial charge < -0.3 is 10.00 Å². The molecule has 1 atom stereocenters. The van der Waals surface area contributed by atoms with Gasteiger partial charge >= 0.3 is 7.82 Å². The number of aliphatic hydroxyl groups is 1. The Morgan fingerprint density at radius 1 is 1.56 bits per heavy atom. The molecule has 0 aromatic heterocycles. The van der Waals surface area contributed by atoms with Gasteiger partial charge in [0, 0.05) is 0 Å². The lowest BCUT2D eigenvalue weighted by molar-refractivity contribution is 0.0537. The average Bonchev–Trinajstić information content (AvgIpc) is 1.64. The van der Waals surface area contributed by atoms with Gasteiger partial charge in [-0.1, -0.05) is 0 Å². The third-order valence-electron chi connectivity index (χ3n) is 0.513. The molecule has 0 aliphatic carbocycles. The summed E-state index contributed by atoms with van der Waals surface area (Å²) in [6.07, 6.45) is 0. The Labute approximate surface area is 52.8 Å². The topological polar surface area (TPSA) is 76.0 Å². The summed E-state index contributed by atoms with van der Waals surface area (Å²) in [4.78, 5) is 8.47. The second-order valence-corrected chi connectivity index (χ2v) is 2.60. The minimum atomic E-state index is -3.94. The van der Waals surface area contributed by atoms with E-state index < -0.39 is 14.6 Å². The van der Waals surface area contributed by atoms with Crippen LogP contribution in [0.3, 0.4) is 0 Å². The molecule has 1 unspecified atom stereocenters. The van der Waals surface area contributed by atoms with Crippen LogP contribution in [0.2, 0.25) is 0 Å². The number of hydrogen-bond acceptors (Lipinski definition) is 4. The zero-order valence-corrected chi connectivity index (χ0v) is 5.88. The molecule has 0 amide bonds. The fourth-order valence-electron chi connectivity index (χ4n) is 0.273. The van der Waals surface area contributed by atoms with E-state index in [2.05, 4.69) is 9.05 Å². The summed E-state index contributed by atoms with van der Waals surface area (Å²) in [6.45, 7) is 0.811. The molecule has 9 heavy (non-hydrogen) atoms. The monoisotopic (exact) mass is 156 g/mol. The van der Waals surface area contributed by atoms with Crippen molar-refractivity contribution in [2.75, 3.05) is 13.4 Å². The Bertz CT molecular complexity index is 103. The molecule has 5 nitrogen and oxygen atoms in total. The summed E-state index contributed by atoms with van der Waals surface area (Å²) in [5, 5.41) is 7.99. The maximum Gasteiger partial charge on any atom is 0.474 e. The Morgan fingerprint density at radius 3 is 2.44 bits per heavy atom. The van der Waals surface area contributed by atoms with Crippen molar-refractivity contribution < 1.29 is 23.6 Å². The normalized spacial score (nSPS) is 17.2. The van der Waals surface area contributed by atoms with Crippen LogP contribution in [0.25, 0.3) is 0 Å². The highest BCUT2D eigenvalue weighted by Gasteiger charge is 2.18. The van der Waals surface area contributed by atoms with Gasteiger partial charge in [0.05, 0.1) is 6.61 Å². The third-order valence-corrected chi connectivity index (χ3v) is 1.54. The van der Waals surface area contributed by atoms with Gasteiger partial charge in [-0.25, -0.2) is 4.57 Å². The molecule has 6 heteroatoms. The fourth-order valence-corrected chi connectivity index (χ4v) is 0.820. The zero-order chi connectivity index (χ0) is 7.33. The number of phosphoric acid groups is 1. The van der Waals surface area contributed by atoms with Gasteiger partial charge in [0.25, 0.3) is 0 Å². The van der Waals surface area contributed by atoms with Crippen LogP contribution >= 0.6 is 7.82 Å². The van der Waals surface area contributed by atoms with Gasteiger partial charge in [-0.3, -0.25) is 9.05 Å². The Balaban J connectivity index is 3.58. The minimum Gasteiger partial charge on any atom is -0.370 e. The number of rotatable bonds is 4.